The highest BCUT2D eigenvalue weighted by Gasteiger charge is 2.31. The van der Waals surface area contributed by atoms with Gasteiger partial charge in [0, 0.05) is 58.2 Å². The second-order valence-electron chi connectivity index (χ2n) is 18.8. The lowest BCUT2D eigenvalue weighted by atomic mass is 9.87. The summed E-state index contributed by atoms with van der Waals surface area (Å²) in [7, 11) is 4.23. The van der Waals surface area contributed by atoms with E-state index in [1.807, 2.05) is 7.05 Å². The van der Waals surface area contributed by atoms with Gasteiger partial charge in [0.05, 0.1) is 35.4 Å². The molecule has 1 heterocycles. The molecule has 0 radical (unpaired) electrons. The van der Waals surface area contributed by atoms with Crippen molar-refractivity contribution in [2.24, 2.45) is 7.05 Å². The zero-order chi connectivity index (χ0) is 49.5. The monoisotopic (exact) mass is 953 g/mol. The van der Waals surface area contributed by atoms with Crippen LogP contribution in [-0.2, 0) is 13.6 Å². The SMILES string of the molecule is CNc1ccccc1N(Cc1cc(-c2n(-c3ccccc3)c3ccccc3[n+]2C)c2ccc3c(N(c4ccccc4)c4ccccc4)cc(N(c4ccccc4)c4ccccc4)c4ccc1c2c43)c1ccccc1. The molecule has 0 aliphatic rings. The Balaban J connectivity index is 1.21. The Morgan fingerprint density at radius 1 is 0.405 bits per heavy atom. The van der Waals surface area contributed by atoms with E-state index in [0.29, 0.717) is 6.54 Å². The molecular formula is C68H53N6+. The molecule has 0 atom stereocenters. The lowest BCUT2D eigenvalue weighted by Gasteiger charge is -2.32. The maximum atomic E-state index is 3.52. The second-order valence-corrected chi connectivity index (χ2v) is 18.8. The number of nitrogens with zero attached hydrogens (tertiary/aromatic N) is 5. The summed E-state index contributed by atoms with van der Waals surface area (Å²) in [6.45, 7) is 0.596. The van der Waals surface area contributed by atoms with Crippen molar-refractivity contribution >= 4 is 94.5 Å². The highest BCUT2D eigenvalue weighted by molar-refractivity contribution is 6.31. The van der Waals surface area contributed by atoms with Gasteiger partial charge in [-0.1, -0.05) is 158 Å². The first-order chi connectivity index (χ1) is 36.6. The Kier molecular flexibility index (Phi) is 11.3. The summed E-state index contributed by atoms with van der Waals surface area (Å²) in [6.07, 6.45) is 0. The third kappa shape index (κ3) is 7.55. The number of aromatic nitrogens is 2. The van der Waals surface area contributed by atoms with Crippen molar-refractivity contribution in [3.8, 4) is 17.1 Å². The molecule has 6 heteroatoms. The summed E-state index contributed by atoms with van der Waals surface area (Å²) >= 11 is 0. The van der Waals surface area contributed by atoms with Crippen LogP contribution < -0.4 is 24.6 Å². The van der Waals surface area contributed by atoms with Crippen molar-refractivity contribution in [3.63, 3.8) is 0 Å². The maximum absolute atomic E-state index is 3.52. The van der Waals surface area contributed by atoms with Gasteiger partial charge in [0.15, 0.2) is 11.0 Å². The van der Waals surface area contributed by atoms with Crippen LogP contribution >= 0.6 is 0 Å². The quantitative estimate of drug-likeness (QED) is 0.0921. The molecule has 1 aromatic heterocycles. The number of anilines is 9. The first-order valence-corrected chi connectivity index (χ1v) is 25.4. The first kappa shape index (κ1) is 44.3. The molecule has 13 rings (SSSR count). The van der Waals surface area contributed by atoms with Gasteiger partial charge in [-0.2, -0.15) is 4.57 Å². The van der Waals surface area contributed by atoms with E-state index in [2.05, 4.69) is 303 Å². The molecule has 74 heavy (non-hydrogen) atoms. The van der Waals surface area contributed by atoms with E-state index < -0.39 is 0 Å². The molecule has 0 bridgehead atoms. The highest BCUT2D eigenvalue weighted by atomic mass is 15.2. The standard InChI is InChI=1S/C68H53N6/c1-69-60-37-21-22-38-61(60)71(49-25-9-3-10-26-49)47-48-45-59(68-70(2)62-39-23-24-40-63(62)74(68)54-35-19-8-20-36-54)56-42-44-58-65(73(52-31-15-6-16-32-52)53-33-17-7-18-34-53)46-64(57-43-41-55(48)66(56)67(57)58)72(50-27-11-4-12-28-50)51-29-13-5-14-30-51/h3-46,69H,47H2,1-2H3/q+1. The Morgan fingerprint density at radius 3 is 1.38 bits per heavy atom. The number of para-hydroxylation sites is 10. The number of benzene rings is 12. The smallest absolute Gasteiger partial charge is 0.295 e. The Labute approximate surface area is 431 Å². The predicted molar refractivity (Wildman–Crippen MR) is 311 cm³/mol. The van der Waals surface area contributed by atoms with Gasteiger partial charge < -0.3 is 20.0 Å². The molecule has 6 nitrogen and oxygen atoms in total. The molecule has 0 unspecified atom stereocenters. The van der Waals surface area contributed by atoms with Gasteiger partial charge in [-0.15, -0.1) is 0 Å². The van der Waals surface area contributed by atoms with Crippen LogP contribution in [-0.4, -0.2) is 11.6 Å². The van der Waals surface area contributed by atoms with E-state index in [0.717, 1.165) is 90.1 Å². The zero-order valence-electron chi connectivity index (χ0n) is 41.3. The molecular weight excluding hydrogens is 901 g/mol. The van der Waals surface area contributed by atoms with E-state index in [9.17, 15) is 0 Å². The van der Waals surface area contributed by atoms with Gasteiger partial charge >= 0.3 is 0 Å². The number of aryl methyl sites for hydroxylation is 1. The minimum atomic E-state index is 0.596. The number of hydrogen-bond acceptors (Lipinski definition) is 4. The third-order valence-corrected chi connectivity index (χ3v) is 14.6. The molecule has 0 spiro atoms. The average Bonchev–Trinajstić information content (AvgIpc) is 3.84. The van der Waals surface area contributed by atoms with Gasteiger partial charge in [-0.05, 0) is 131 Å². The predicted octanol–water partition coefficient (Wildman–Crippen LogP) is 17.3. The van der Waals surface area contributed by atoms with Gasteiger partial charge in [-0.3, -0.25) is 0 Å². The Morgan fingerprint density at radius 2 is 0.838 bits per heavy atom. The third-order valence-electron chi connectivity index (χ3n) is 14.6. The van der Waals surface area contributed by atoms with E-state index in [1.165, 1.54) is 27.1 Å². The molecule has 0 amide bonds. The highest BCUT2D eigenvalue weighted by Crippen LogP contribution is 2.52. The largest absolute Gasteiger partial charge is 0.386 e. The summed E-state index contributed by atoms with van der Waals surface area (Å²) < 4.78 is 4.84. The molecule has 13 aromatic rings. The minimum Gasteiger partial charge on any atom is -0.386 e. The van der Waals surface area contributed by atoms with Crippen molar-refractivity contribution in [2.75, 3.05) is 27.1 Å². The van der Waals surface area contributed by atoms with Crippen LogP contribution in [0.3, 0.4) is 0 Å². The molecule has 0 saturated carbocycles. The summed E-state index contributed by atoms with van der Waals surface area (Å²) in [6, 6.07) is 96.7. The van der Waals surface area contributed by atoms with Gasteiger partial charge in [0.2, 0.25) is 0 Å². The van der Waals surface area contributed by atoms with E-state index >= 15 is 0 Å². The van der Waals surface area contributed by atoms with E-state index in [1.54, 1.807) is 0 Å². The van der Waals surface area contributed by atoms with Crippen molar-refractivity contribution in [2.45, 2.75) is 6.54 Å². The lowest BCUT2D eigenvalue weighted by Crippen LogP contribution is -2.30. The molecule has 12 aromatic carbocycles. The topological polar surface area (TPSA) is 30.6 Å². The molecule has 0 fully saturated rings. The van der Waals surface area contributed by atoms with E-state index in [-0.39, 0.29) is 0 Å². The first-order valence-electron chi connectivity index (χ1n) is 25.4. The van der Waals surface area contributed by atoms with Crippen LogP contribution in [0.1, 0.15) is 5.56 Å². The Bertz CT molecular complexity index is 3910. The average molecular weight is 954 g/mol. The molecule has 1 N–H and O–H groups in total. The normalized spacial score (nSPS) is 11.4. The van der Waals surface area contributed by atoms with Gasteiger partial charge in [0.1, 0.15) is 5.69 Å². The lowest BCUT2D eigenvalue weighted by molar-refractivity contribution is -0.633. The van der Waals surface area contributed by atoms with Crippen LogP contribution in [0.4, 0.5) is 51.2 Å². The van der Waals surface area contributed by atoms with Crippen LogP contribution in [0.2, 0.25) is 0 Å². The van der Waals surface area contributed by atoms with Gasteiger partial charge in [-0.25, -0.2) is 4.57 Å². The number of fused-ring (bicyclic) bond motifs is 1. The van der Waals surface area contributed by atoms with Gasteiger partial charge in [0.25, 0.3) is 5.82 Å². The maximum Gasteiger partial charge on any atom is 0.295 e. The summed E-state index contributed by atoms with van der Waals surface area (Å²) in [4.78, 5) is 7.33. The molecule has 0 aliphatic carbocycles. The molecule has 0 aliphatic heterocycles. The van der Waals surface area contributed by atoms with Crippen molar-refractivity contribution in [1.29, 1.82) is 0 Å². The number of imidazole rings is 1. The van der Waals surface area contributed by atoms with Crippen LogP contribution in [0, 0.1) is 0 Å². The number of nitrogens with one attached hydrogen (secondary N) is 1. The van der Waals surface area contributed by atoms with Crippen LogP contribution in [0.15, 0.2) is 267 Å². The van der Waals surface area contributed by atoms with E-state index in [4.69, 9.17) is 0 Å². The van der Waals surface area contributed by atoms with Crippen molar-refractivity contribution < 1.29 is 4.57 Å². The number of rotatable bonds is 13. The summed E-state index contributed by atoms with van der Waals surface area (Å²) in [5.74, 6) is 1.10. The Hall–Kier alpha value is -9.65. The van der Waals surface area contributed by atoms with Crippen molar-refractivity contribution in [3.05, 3.63) is 272 Å². The fourth-order valence-electron chi connectivity index (χ4n) is 11.3. The zero-order valence-corrected chi connectivity index (χ0v) is 41.3. The van der Waals surface area contributed by atoms with Crippen molar-refractivity contribution in [1.82, 2.24) is 4.57 Å². The molecule has 0 saturated heterocycles. The van der Waals surface area contributed by atoms with Crippen LogP contribution in [0.5, 0.6) is 0 Å². The fraction of sp³-hybridized carbons (Fsp3) is 0.0441. The summed E-state index contributed by atoms with van der Waals surface area (Å²) in [5.41, 5.74) is 15.5. The fourth-order valence-corrected chi connectivity index (χ4v) is 11.3. The van der Waals surface area contributed by atoms with Crippen LogP contribution in [0.25, 0.3) is 60.4 Å². The molecule has 354 valence electrons. The summed E-state index contributed by atoms with van der Waals surface area (Å²) in [5, 5.41) is 10.7. The second kappa shape index (κ2) is 18.8. The number of hydrogen-bond donors (Lipinski definition) is 1. The minimum absolute atomic E-state index is 0.596.